The molecule has 0 saturated heterocycles. The average Bonchev–Trinajstić information content (AvgIpc) is 2.82. The van der Waals surface area contributed by atoms with E-state index in [-0.39, 0.29) is 5.56 Å². The van der Waals surface area contributed by atoms with E-state index in [2.05, 4.69) is 29.1 Å². The van der Waals surface area contributed by atoms with Crippen LogP contribution in [0.5, 0.6) is 0 Å². The lowest BCUT2D eigenvalue weighted by molar-refractivity contribution is 0.392. The molecule has 1 aliphatic rings. The third-order valence-corrected chi connectivity index (χ3v) is 4.90. The maximum absolute atomic E-state index is 11.7. The summed E-state index contributed by atoms with van der Waals surface area (Å²) in [6.07, 6.45) is 5.08. The Morgan fingerprint density at radius 1 is 1.43 bits per heavy atom. The molecule has 21 heavy (non-hydrogen) atoms. The van der Waals surface area contributed by atoms with E-state index in [0.717, 1.165) is 11.6 Å². The quantitative estimate of drug-likeness (QED) is 0.757. The molecule has 3 unspecified atom stereocenters. The maximum atomic E-state index is 11.7. The van der Waals surface area contributed by atoms with E-state index in [4.69, 9.17) is 5.73 Å². The SMILES string of the molecule is CCC1CCC(Nc2cc3nc[nH]c(=O)c3cc2N)C1C. The molecule has 1 saturated carbocycles. The van der Waals surface area contributed by atoms with Crippen molar-refractivity contribution in [2.75, 3.05) is 11.1 Å². The summed E-state index contributed by atoms with van der Waals surface area (Å²) >= 11 is 0. The molecule has 5 nitrogen and oxygen atoms in total. The lowest BCUT2D eigenvalue weighted by Gasteiger charge is -2.23. The normalized spacial score (nSPS) is 25.3. The molecule has 3 rings (SSSR count). The number of nitrogens with zero attached hydrogens (tertiary/aromatic N) is 1. The first kappa shape index (κ1) is 13.9. The van der Waals surface area contributed by atoms with Crippen molar-refractivity contribution in [3.8, 4) is 0 Å². The number of aromatic amines is 1. The van der Waals surface area contributed by atoms with Crippen LogP contribution in [0.4, 0.5) is 11.4 Å². The molecule has 112 valence electrons. The lowest BCUT2D eigenvalue weighted by Crippen LogP contribution is -2.25. The van der Waals surface area contributed by atoms with Gasteiger partial charge in [-0.1, -0.05) is 20.3 Å². The Labute approximate surface area is 124 Å². The van der Waals surface area contributed by atoms with Crippen molar-refractivity contribution in [3.05, 3.63) is 28.8 Å². The van der Waals surface area contributed by atoms with Crippen LogP contribution in [0.3, 0.4) is 0 Å². The van der Waals surface area contributed by atoms with Gasteiger partial charge in [-0.25, -0.2) is 4.98 Å². The fourth-order valence-electron chi connectivity index (χ4n) is 3.48. The molecule has 0 radical (unpaired) electrons. The van der Waals surface area contributed by atoms with Crippen LogP contribution < -0.4 is 16.6 Å². The fourth-order valence-corrected chi connectivity index (χ4v) is 3.48. The molecular formula is C16H22N4O. The van der Waals surface area contributed by atoms with Gasteiger partial charge < -0.3 is 16.0 Å². The lowest BCUT2D eigenvalue weighted by atomic mass is 9.93. The van der Waals surface area contributed by atoms with Gasteiger partial charge in [0.2, 0.25) is 0 Å². The number of rotatable bonds is 3. The summed E-state index contributed by atoms with van der Waals surface area (Å²) in [5, 5.41) is 4.09. The number of hydrogen-bond acceptors (Lipinski definition) is 4. The second kappa shape index (κ2) is 5.39. The molecule has 1 heterocycles. The van der Waals surface area contributed by atoms with Crippen molar-refractivity contribution in [2.45, 2.75) is 39.2 Å². The minimum absolute atomic E-state index is 0.154. The number of nitrogens with two attached hydrogens (primary N) is 1. The van der Waals surface area contributed by atoms with Gasteiger partial charge in [0, 0.05) is 6.04 Å². The summed E-state index contributed by atoms with van der Waals surface area (Å²) in [5.74, 6) is 1.42. The van der Waals surface area contributed by atoms with E-state index in [1.807, 2.05) is 6.07 Å². The van der Waals surface area contributed by atoms with Crippen LogP contribution in [-0.2, 0) is 0 Å². The number of fused-ring (bicyclic) bond motifs is 1. The Hall–Kier alpha value is -2.04. The highest BCUT2D eigenvalue weighted by atomic mass is 16.1. The first-order valence-electron chi connectivity index (χ1n) is 7.63. The van der Waals surface area contributed by atoms with Crippen LogP contribution in [0.2, 0.25) is 0 Å². The summed E-state index contributed by atoms with van der Waals surface area (Å²) in [4.78, 5) is 18.5. The monoisotopic (exact) mass is 286 g/mol. The van der Waals surface area contributed by atoms with Crippen LogP contribution in [0.15, 0.2) is 23.3 Å². The summed E-state index contributed by atoms with van der Waals surface area (Å²) in [5.41, 5.74) is 8.11. The Morgan fingerprint density at radius 2 is 2.24 bits per heavy atom. The van der Waals surface area contributed by atoms with Gasteiger partial charge in [0.15, 0.2) is 0 Å². The van der Waals surface area contributed by atoms with Crippen LogP contribution in [0.25, 0.3) is 10.9 Å². The Balaban J connectivity index is 1.91. The van der Waals surface area contributed by atoms with Crippen molar-refractivity contribution in [1.29, 1.82) is 0 Å². The summed E-state index contributed by atoms with van der Waals surface area (Å²) < 4.78 is 0. The zero-order chi connectivity index (χ0) is 15.0. The van der Waals surface area contributed by atoms with E-state index in [1.54, 1.807) is 6.07 Å². The predicted octanol–water partition coefficient (Wildman–Crippen LogP) is 2.74. The maximum Gasteiger partial charge on any atom is 0.258 e. The number of aromatic nitrogens is 2. The fraction of sp³-hybridized carbons (Fsp3) is 0.500. The first-order valence-corrected chi connectivity index (χ1v) is 7.63. The summed E-state index contributed by atoms with van der Waals surface area (Å²) in [7, 11) is 0. The molecule has 5 heteroatoms. The van der Waals surface area contributed by atoms with Crippen LogP contribution in [0, 0.1) is 11.8 Å². The number of H-pyrrole nitrogens is 1. The topological polar surface area (TPSA) is 83.8 Å². The van der Waals surface area contributed by atoms with Gasteiger partial charge in [-0.05, 0) is 36.8 Å². The molecule has 2 aromatic rings. The van der Waals surface area contributed by atoms with Crippen LogP contribution >= 0.6 is 0 Å². The third kappa shape index (κ3) is 2.48. The molecule has 1 aromatic carbocycles. The molecule has 1 aliphatic carbocycles. The zero-order valence-electron chi connectivity index (χ0n) is 12.5. The highest BCUT2D eigenvalue weighted by molar-refractivity contribution is 5.88. The number of anilines is 2. The summed E-state index contributed by atoms with van der Waals surface area (Å²) in [6, 6.07) is 4.03. The molecule has 0 amide bonds. The van der Waals surface area contributed by atoms with Crippen molar-refractivity contribution < 1.29 is 0 Å². The van der Waals surface area contributed by atoms with Gasteiger partial charge in [0.05, 0.1) is 28.6 Å². The van der Waals surface area contributed by atoms with Gasteiger partial charge in [-0.2, -0.15) is 0 Å². The number of nitrogens with one attached hydrogen (secondary N) is 2. The molecule has 0 spiro atoms. The van der Waals surface area contributed by atoms with Gasteiger partial charge in [0.25, 0.3) is 5.56 Å². The molecule has 0 bridgehead atoms. The van der Waals surface area contributed by atoms with Crippen molar-refractivity contribution >= 4 is 22.3 Å². The van der Waals surface area contributed by atoms with Crippen molar-refractivity contribution in [2.24, 2.45) is 11.8 Å². The minimum atomic E-state index is -0.154. The molecule has 0 aliphatic heterocycles. The molecule has 4 N–H and O–H groups in total. The van der Waals surface area contributed by atoms with E-state index < -0.39 is 0 Å². The first-order chi connectivity index (χ1) is 10.1. The van der Waals surface area contributed by atoms with E-state index in [9.17, 15) is 4.79 Å². The average molecular weight is 286 g/mol. The van der Waals surface area contributed by atoms with Gasteiger partial charge in [-0.3, -0.25) is 4.79 Å². The Morgan fingerprint density at radius 3 is 2.95 bits per heavy atom. The zero-order valence-corrected chi connectivity index (χ0v) is 12.5. The second-order valence-corrected chi connectivity index (χ2v) is 6.04. The molecule has 3 atom stereocenters. The molecule has 1 aromatic heterocycles. The number of hydrogen-bond donors (Lipinski definition) is 3. The van der Waals surface area contributed by atoms with E-state index in [1.165, 1.54) is 25.6 Å². The standard InChI is InChI=1S/C16H22N4O/c1-3-10-4-5-13(9(10)2)20-15-7-14-11(6-12(15)17)16(21)19-8-18-14/h6-10,13,20H,3-5,17H2,1-2H3,(H,18,19,21). The molecular weight excluding hydrogens is 264 g/mol. The Kier molecular flexibility index (Phi) is 3.57. The smallest absolute Gasteiger partial charge is 0.258 e. The largest absolute Gasteiger partial charge is 0.397 e. The van der Waals surface area contributed by atoms with Crippen LogP contribution in [0.1, 0.15) is 33.1 Å². The van der Waals surface area contributed by atoms with Crippen LogP contribution in [-0.4, -0.2) is 16.0 Å². The van der Waals surface area contributed by atoms with E-state index >= 15 is 0 Å². The minimum Gasteiger partial charge on any atom is -0.397 e. The third-order valence-electron chi connectivity index (χ3n) is 4.90. The molecule has 1 fully saturated rings. The number of nitrogen functional groups attached to an aromatic ring is 1. The van der Waals surface area contributed by atoms with Gasteiger partial charge in [0.1, 0.15) is 0 Å². The number of benzene rings is 1. The Bertz CT molecular complexity index is 709. The van der Waals surface area contributed by atoms with E-state index in [0.29, 0.717) is 28.6 Å². The van der Waals surface area contributed by atoms with Crippen molar-refractivity contribution in [1.82, 2.24) is 9.97 Å². The highest BCUT2D eigenvalue weighted by Crippen LogP contribution is 2.36. The van der Waals surface area contributed by atoms with Gasteiger partial charge in [-0.15, -0.1) is 0 Å². The highest BCUT2D eigenvalue weighted by Gasteiger charge is 2.31. The van der Waals surface area contributed by atoms with Crippen molar-refractivity contribution in [3.63, 3.8) is 0 Å². The van der Waals surface area contributed by atoms with Gasteiger partial charge >= 0.3 is 0 Å². The predicted molar refractivity (Wildman–Crippen MR) is 86.4 cm³/mol. The second-order valence-electron chi connectivity index (χ2n) is 6.04. The summed E-state index contributed by atoms with van der Waals surface area (Å²) in [6.45, 7) is 4.56.